The summed E-state index contributed by atoms with van der Waals surface area (Å²) in [5, 5.41) is 8.89. The first-order valence-electron chi connectivity index (χ1n) is 5.18. The van der Waals surface area contributed by atoms with Crippen LogP contribution in [0, 0.1) is 0 Å². The first-order valence-corrected chi connectivity index (χ1v) is 5.18. The zero-order valence-corrected chi connectivity index (χ0v) is 8.94. The topological polar surface area (TPSA) is 66.8 Å². The third-order valence-electron chi connectivity index (χ3n) is 2.60. The van der Waals surface area contributed by atoms with Gasteiger partial charge >= 0.3 is 5.97 Å². The van der Waals surface area contributed by atoms with Crippen LogP contribution in [0.15, 0.2) is 0 Å². The molecular formula is C10H17NO4. The number of carboxylic acids is 1. The number of carbonyl (C=O) groups excluding carboxylic acids is 1. The lowest BCUT2D eigenvalue weighted by Gasteiger charge is -2.21. The lowest BCUT2D eigenvalue weighted by molar-refractivity contribution is -0.148. The maximum atomic E-state index is 11.6. The molecule has 0 aliphatic carbocycles. The zero-order valence-electron chi connectivity index (χ0n) is 8.94. The first-order chi connectivity index (χ1) is 7.16. The summed E-state index contributed by atoms with van der Waals surface area (Å²) in [6, 6.07) is -0.611. The molecule has 0 radical (unpaired) electrons. The van der Waals surface area contributed by atoms with Crippen molar-refractivity contribution in [3.05, 3.63) is 0 Å². The van der Waals surface area contributed by atoms with E-state index in [1.54, 1.807) is 7.11 Å². The van der Waals surface area contributed by atoms with E-state index < -0.39 is 12.0 Å². The number of methoxy groups -OCH3 is 1. The molecule has 1 aliphatic heterocycles. The Kier molecular flexibility index (Phi) is 4.55. The summed E-state index contributed by atoms with van der Waals surface area (Å²) in [4.78, 5) is 23.9. The SMILES string of the molecule is COCCCC(=O)N1CCC[C@H]1C(=O)O. The molecule has 1 heterocycles. The van der Waals surface area contributed by atoms with Gasteiger partial charge in [0.05, 0.1) is 0 Å². The van der Waals surface area contributed by atoms with E-state index >= 15 is 0 Å². The number of likely N-dealkylation sites (tertiary alicyclic amines) is 1. The average molecular weight is 215 g/mol. The van der Waals surface area contributed by atoms with Crippen molar-refractivity contribution in [1.82, 2.24) is 4.90 Å². The standard InChI is InChI=1S/C10H17NO4/c1-15-7-3-5-9(12)11-6-2-4-8(11)10(13)14/h8H,2-7H2,1H3,(H,13,14)/t8-/m0/s1. The molecule has 86 valence electrons. The summed E-state index contributed by atoms with van der Waals surface area (Å²) in [5.41, 5.74) is 0. The molecule has 1 saturated heterocycles. The molecule has 1 amide bonds. The monoisotopic (exact) mass is 215 g/mol. The molecule has 5 nitrogen and oxygen atoms in total. The Morgan fingerprint density at radius 1 is 1.53 bits per heavy atom. The Bertz CT molecular complexity index is 242. The Hall–Kier alpha value is -1.10. The molecule has 0 aromatic carbocycles. The van der Waals surface area contributed by atoms with Crippen molar-refractivity contribution in [2.24, 2.45) is 0 Å². The van der Waals surface area contributed by atoms with Crippen molar-refractivity contribution >= 4 is 11.9 Å². The predicted molar refractivity (Wildman–Crippen MR) is 53.5 cm³/mol. The number of carbonyl (C=O) groups is 2. The Balaban J connectivity index is 2.40. The highest BCUT2D eigenvalue weighted by atomic mass is 16.5. The van der Waals surface area contributed by atoms with Crippen molar-refractivity contribution in [1.29, 1.82) is 0 Å². The smallest absolute Gasteiger partial charge is 0.326 e. The van der Waals surface area contributed by atoms with Gasteiger partial charge < -0.3 is 14.7 Å². The molecule has 1 rings (SSSR count). The molecule has 0 aromatic heterocycles. The highest BCUT2D eigenvalue weighted by molar-refractivity contribution is 5.84. The highest BCUT2D eigenvalue weighted by Gasteiger charge is 2.33. The number of rotatable bonds is 5. The number of hydrogen-bond donors (Lipinski definition) is 1. The van der Waals surface area contributed by atoms with Crippen molar-refractivity contribution in [3.8, 4) is 0 Å². The largest absolute Gasteiger partial charge is 0.480 e. The molecule has 1 atom stereocenters. The molecule has 1 fully saturated rings. The Labute approximate surface area is 89.0 Å². The van der Waals surface area contributed by atoms with E-state index in [-0.39, 0.29) is 5.91 Å². The molecular weight excluding hydrogens is 198 g/mol. The molecule has 0 saturated carbocycles. The van der Waals surface area contributed by atoms with Crippen LogP contribution >= 0.6 is 0 Å². The molecule has 1 aliphatic rings. The van der Waals surface area contributed by atoms with Gasteiger partial charge in [0.1, 0.15) is 6.04 Å². The maximum Gasteiger partial charge on any atom is 0.326 e. The normalized spacial score (nSPS) is 20.6. The van der Waals surface area contributed by atoms with E-state index in [2.05, 4.69) is 0 Å². The van der Waals surface area contributed by atoms with E-state index in [4.69, 9.17) is 9.84 Å². The highest BCUT2D eigenvalue weighted by Crippen LogP contribution is 2.18. The van der Waals surface area contributed by atoms with Crippen molar-refractivity contribution < 1.29 is 19.4 Å². The van der Waals surface area contributed by atoms with E-state index in [0.29, 0.717) is 32.4 Å². The number of nitrogens with zero attached hydrogens (tertiary/aromatic N) is 1. The van der Waals surface area contributed by atoms with Crippen LogP contribution in [0.3, 0.4) is 0 Å². The lowest BCUT2D eigenvalue weighted by atomic mass is 10.2. The summed E-state index contributed by atoms with van der Waals surface area (Å²) < 4.78 is 4.84. The molecule has 1 N–H and O–H groups in total. The fraction of sp³-hybridized carbons (Fsp3) is 0.800. The van der Waals surface area contributed by atoms with Gasteiger partial charge in [-0.15, -0.1) is 0 Å². The van der Waals surface area contributed by atoms with Gasteiger partial charge in [-0.2, -0.15) is 0 Å². The molecule has 0 unspecified atom stereocenters. The third kappa shape index (κ3) is 3.20. The molecule has 15 heavy (non-hydrogen) atoms. The second-order valence-electron chi connectivity index (χ2n) is 3.68. The van der Waals surface area contributed by atoms with Crippen LogP contribution in [0.4, 0.5) is 0 Å². The van der Waals surface area contributed by atoms with Crippen LogP contribution in [0.25, 0.3) is 0 Å². The van der Waals surface area contributed by atoms with Gasteiger partial charge in [-0.25, -0.2) is 4.79 Å². The summed E-state index contributed by atoms with van der Waals surface area (Å²) in [6.07, 6.45) is 2.38. The average Bonchev–Trinajstić information content (AvgIpc) is 2.66. The van der Waals surface area contributed by atoms with Crippen LogP contribution in [-0.2, 0) is 14.3 Å². The number of ether oxygens (including phenoxy) is 1. The molecule has 0 aromatic rings. The van der Waals surface area contributed by atoms with E-state index in [1.807, 2.05) is 0 Å². The molecule has 5 heteroatoms. The lowest BCUT2D eigenvalue weighted by Crippen LogP contribution is -2.40. The van der Waals surface area contributed by atoms with Gasteiger partial charge in [-0.3, -0.25) is 4.79 Å². The predicted octanol–water partition coefficient (Wildman–Crippen LogP) is 0.489. The molecule has 0 bridgehead atoms. The number of aliphatic carboxylic acids is 1. The number of hydrogen-bond acceptors (Lipinski definition) is 3. The van der Waals surface area contributed by atoms with Gasteiger partial charge in [0.25, 0.3) is 0 Å². The third-order valence-corrected chi connectivity index (χ3v) is 2.60. The van der Waals surface area contributed by atoms with Crippen LogP contribution < -0.4 is 0 Å². The minimum absolute atomic E-state index is 0.0723. The minimum atomic E-state index is -0.896. The fourth-order valence-corrected chi connectivity index (χ4v) is 1.83. The zero-order chi connectivity index (χ0) is 11.3. The van der Waals surface area contributed by atoms with Crippen LogP contribution in [0.2, 0.25) is 0 Å². The maximum absolute atomic E-state index is 11.6. The van der Waals surface area contributed by atoms with Gasteiger partial charge in [0.2, 0.25) is 5.91 Å². The first kappa shape index (κ1) is 12.0. The van der Waals surface area contributed by atoms with Crippen LogP contribution in [0.5, 0.6) is 0 Å². The fourth-order valence-electron chi connectivity index (χ4n) is 1.83. The summed E-state index contributed by atoms with van der Waals surface area (Å²) in [5.74, 6) is -0.968. The van der Waals surface area contributed by atoms with Crippen LogP contribution in [-0.4, -0.2) is 48.2 Å². The van der Waals surface area contributed by atoms with Crippen molar-refractivity contribution in [3.63, 3.8) is 0 Å². The summed E-state index contributed by atoms with van der Waals surface area (Å²) >= 11 is 0. The van der Waals surface area contributed by atoms with E-state index in [0.717, 1.165) is 6.42 Å². The van der Waals surface area contributed by atoms with Crippen LogP contribution in [0.1, 0.15) is 25.7 Å². The Morgan fingerprint density at radius 3 is 2.87 bits per heavy atom. The number of carboxylic acid groups (broad SMARTS) is 1. The number of amides is 1. The minimum Gasteiger partial charge on any atom is -0.480 e. The van der Waals surface area contributed by atoms with Gasteiger partial charge in [-0.05, 0) is 19.3 Å². The van der Waals surface area contributed by atoms with Gasteiger partial charge in [0.15, 0.2) is 0 Å². The van der Waals surface area contributed by atoms with E-state index in [9.17, 15) is 9.59 Å². The van der Waals surface area contributed by atoms with Gasteiger partial charge in [-0.1, -0.05) is 0 Å². The Morgan fingerprint density at radius 2 is 2.27 bits per heavy atom. The van der Waals surface area contributed by atoms with Crippen molar-refractivity contribution in [2.75, 3.05) is 20.3 Å². The second kappa shape index (κ2) is 5.70. The van der Waals surface area contributed by atoms with E-state index in [1.165, 1.54) is 4.90 Å². The molecule has 0 spiro atoms. The van der Waals surface area contributed by atoms with Crippen molar-refractivity contribution in [2.45, 2.75) is 31.7 Å². The quantitative estimate of drug-likeness (QED) is 0.678. The van der Waals surface area contributed by atoms with Gasteiger partial charge in [0, 0.05) is 26.7 Å². The summed E-state index contributed by atoms with van der Waals surface area (Å²) in [6.45, 7) is 1.11. The second-order valence-corrected chi connectivity index (χ2v) is 3.68. The summed E-state index contributed by atoms with van der Waals surface area (Å²) in [7, 11) is 1.58.